The van der Waals surface area contributed by atoms with Gasteiger partial charge in [-0.2, -0.15) is 0 Å². The van der Waals surface area contributed by atoms with Crippen LogP contribution in [0.3, 0.4) is 0 Å². The fourth-order valence-corrected chi connectivity index (χ4v) is 7.59. The zero-order chi connectivity index (χ0) is 43.7. The van der Waals surface area contributed by atoms with Gasteiger partial charge in [-0.25, -0.2) is 0 Å². The molecule has 0 aliphatic carbocycles. The van der Waals surface area contributed by atoms with Crippen LogP contribution in [0.2, 0.25) is 0 Å². The zero-order valence-electron chi connectivity index (χ0n) is 38.5. The molecule has 60 heavy (non-hydrogen) atoms. The average Bonchev–Trinajstić information content (AvgIpc) is 3.25. The largest absolute Gasteiger partial charge is 0.394 e. The number of hydrogen-bond acceptors (Lipinski definition) is 8. The van der Waals surface area contributed by atoms with Crippen molar-refractivity contribution in [1.29, 1.82) is 0 Å². The summed E-state index contributed by atoms with van der Waals surface area (Å²) in [6.45, 7) is 3.74. The lowest BCUT2D eigenvalue weighted by molar-refractivity contribution is -0.302. The molecule has 0 bridgehead atoms. The second kappa shape index (κ2) is 41.2. The van der Waals surface area contributed by atoms with E-state index in [-0.39, 0.29) is 12.5 Å². The van der Waals surface area contributed by atoms with E-state index < -0.39 is 49.5 Å². The monoisotopic (exact) mass is 848 g/mol. The smallest absolute Gasteiger partial charge is 0.220 e. The SMILES string of the molecule is CCCCCCCC/C=C/CC/C=C/CC/C=C/C(O)C(COC1OC(CO)C(O)C(O)C1O)NC(=O)CCCCCCCCCCC/C=C\CCCCCCCCCC. The molecule has 7 unspecified atom stereocenters. The van der Waals surface area contributed by atoms with Gasteiger partial charge in [0.1, 0.15) is 24.4 Å². The summed E-state index contributed by atoms with van der Waals surface area (Å²) >= 11 is 0. The minimum Gasteiger partial charge on any atom is -0.394 e. The van der Waals surface area contributed by atoms with E-state index in [0.717, 1.165) is 51.4 Å². The summed E-state index contributed by atoms with van der Waals surface area (Å²) in [6, 6.07) is -0.829. The van der Waals surface area contributed by atoms with Gasteiger partial charge < -0.3 is 40.3 Å². The van der Waals surface area contributed by atoms with Crippen molar-refractivity contribution in [2.45, 2.75) is 256 Å². The summed E-state index contributed by atoms with van der Waals surface area (Å²) in [5.41, 5.74) is 0. The lowest BCUT2D eigenvalue weighted by Gasteiger charge is -2.40. The Balaban J connectivity index is 2.34. The molecule has 6 N–H and O–H groups in total. The quantitative estimate of drug-likeness (QED) is 0.0263. The molecule has 350 valence electrons. The maximum absolute atomic E-state index is 13.0. The first-order valence-electron chi connectivity index (χ1n) is 24.9. The highest BCUT2D eigenvalue weighted by Gasteiger charge is 2.44. The molecule has 0 spiro atoms. The Morgan fingerprint density at radius 1 is 0.550 bits per heavy atom. The first kappa shape index (κ1) is 56.2. The molecule has 1 aliphatic heterocycles. The van der Waals surface area contributed by atoms with Crippen LogP contribution in [0.1, 0.15) is 213 Å². The van der Waals surface area contributed by atoms with Crippen molar-refractivity contribution in [3.8, 4) is 0 Å². The lowest BCUT2D eigenvalue weighted by Crippen LogP contribution is -2.60. The maximum Gasteiger partial charge on any atom is 0.220 e. The molecule has 0 aromatic carbocycles. The maximum atomic E-state index is 13.0. The molecule has 0 aromatic rings. The number of allylic oxidation sites excluding steroid dienone is 7. The highest BCUT2D eigenvalue weighted by atomic mass is 16.7. The normalized spacial score (nSPS) is 20.9. The second-order valence-corrected chi connectivity index (χ2v) is 17.2. The van der Waals surface area contributed by atoms with E-state index in [1.54, 1.807) is 6.08 Å². The number of ether oxygens (including phenoxy) is 2. The van der Waals surface area contributed by atoms with Gasteiger partial charge in [0.25, 0.3) is 0 Å². The van der Waals surface area contributed by atoms with Crippen LogP contribution in [0.25, 0.3) is 0 Å². The standard InChI is InChI=1S/C51H93NO8/c1-3-5-7-9-11-13-15-17-19-21-22-23-24-25-27-29-31-33-35-37-39-41-47(55)52-44(43-59-51-50(58)49(57)48(56)46(42-53)60-51)45(54)40-38-36-34-32-30-28-26-20-18-16-14-12-10-8-6-4-2/h18,20-22,30,32,38,40,44-46,48-51,53-54,56-58H,3-17,19,23-29,31,33-37,39,41-43H2,1-2H3,(H,52,55)/b20-18+,22-21-,32-30+,40-38+. The fraction of sp³-hybridized carbons (Fsp3) is 0.824. The van der Waals surface area contributed by atoms with E-state index in [1.165, 1.54) is 141 Å². The summed E-state index contributed by atoms with van der Waals surface area (Å²) in [6.07, 6.45) is 45.8. The average molecular weight is 848 g/mol. The number of amides is 1. The minimum atomic E-state index is -1.57. The molecule has 1 rings (SSSR count). The van der Waals surface area contributed by atoms with Gasteiger partial charge in [0.15, 0.2) is 6.29 Å². The van der Waals surface area contributed by atoms with Crippen LogP contribution < -0.4 is 5.32 Å². The third-order valence-electron chi connectivity index (χ3n) is 11.6. The number of carbonyl (C=O) groups is 1. The van der Waals surface area contributed by atoms with Crippen LogP contribution in [-0.4, -0.2) is 87.5 Å². The molecule has 0 aromatic heterocycles. The predicted molar refractivity (Wildman–Crippen MR) is 249 cm³/mol. The van der Waals surface area contributed by atoms with Crippen LogP contribution in [0.4, 0.5) is 0 Å². The van der Waals surface area contributed by atoms with Gasteiger partial charge >= 0.3 is 0 Å². The second-order valence-electron chi connectivity index (χ2n) is 17.2. The Morgan fingerprint density at radius 3 is 1.40 bits per heavy atom. The van der Waals surface area contributed by atoms with Crippen LogP contribution in [0, 0.1) is 0 Å². The van der Waals surface area contributed by atoms with E-state index >= 15 is 0 Å². The molecule has 9 nitrogen and oxygen atoms in total. The molecule has 0 saturated carbocycles. The van der Waals surface area contributed by atoms with Crippen molar-refractivity contribution < 1.29 is 39.8 Å². The van der Waals surface area contributed by atoms with Crippen LogP contribution in [0.15, 0.2) is 48.6 Å². The third-order valence-corrected chi connectivity index (χ3v) is 11.6. The molecule has 9 heteroatoms. The van der Waals surface area contributed by atoms with E-state index in [2.05, 4.69) is 55.6 Å². The molecule has 7 atom stereocenters. The predicted octanol–water partition coefficient (Wildman–Crippen LogP) is 11.0. The number of hydrogen-bond donors (Lipinski definition) is 6. The molecular formula is C51H93NO8. The number of aliphatic hydroxyl groups is 5. The zero-order valence-corrected chi connectivity index (χ0v) is 38.5. The van der Waals surface area contributed by atoms with Crippen molar-refractivity contribution in [3.05, 3.63) is 48.6 Å². The molecular weight excluding hydrogens is 755 g/mol. The first-order valence-corrected chi connectivity index (χ1v) is 24.9. The first-order chi connectivity index (χ1) is 29.3. The van der Waals surface area contributed by atoms with Crippen molar-refractivity contribution in [1.82, 2.24) is 5.32 Å². The van der Waals surface area contributed by atoms with Crippen molar-refractivity contribution in [3.63, 3.8) is 0 Å². The molecule has 1 saturated heterocycles. The van der Waals surface area contributed by atoms with Gasteiger partial charge in [0.2, 0.25) is 5.91 Å². The van der Waals surface area contributed by atoms with Gasteiger partial charge in [-0.05, 0) is 70.6 Å². The number of aliphatic hydroxyl groups excluding tert-OH is 5. The Labute approximate surface area is 367 Å². The summed E-state index contributed by atoms with van der Waals surface area (Å²) in [4.78, 5) is 13.0. The number of carbonyl (C=O) groups excluding carboxylic acids is 1. The molecule has 1 fully saturated rings. The minimum absolute atomic E-state index is 0.194. The number of nitrogens with one attached hydrogen (secondary N) is 1. The molecule has 0 radical (unpaired) electrons. The van der Waals surface area contributed by atoms with Gasteiger partial charge in [-0.3, -0.25) is 4.79 Å². The van der Waals surface area contributed by atoms with Gasteiger partial charge in [-0.1, -0.05) is 184 Å². The number of rotatable bonds is 41. The van der Waals surface area contributed by atoms with E-state index in [0.29, 0.717) is 6.42 Å². The Bertz CT molecular complexity index is 1080. The summed E-state index contributed by atoms with van der Waals surface area (Å²) in [7, 11) is 0. The van der Waals surface area contributed by atoms with Crippen LogP contribution >= 0.6 is 0 Å². The summed E-state index contributed by atoms with van der Waals surface area (Å²) in [5, 5.41) is 54.2. The molecule has 1 aliphatic rings. The fourth-order valence-electron chi connectivity index (χ4n) is 7.59. The van der Waals surface area contributed by atoms with Gasteiger partial charge in [0.05, 0.1) is 25.4 Å². The lowest BCUT2D eigenvalue weighted by atomic mass is 9.99. The van der Waals surface area contributed by atoms with Crippen molar-refractivity contribution >= 4 is 5.91 Å². The van der Waals surface area contributed by atoms with Crippen LogP contribution in [-0.2, 0) is 14.3 Å². The molecule has 1 heterocycles. The van der Waals surface area contributed by atoms with Crippen molar-refractivity contribution in [2.24, 2.45) is 0 Å². The molecule has 1 amide bonds. The van der Waals surface area contributed by atoms with E-state index in [9.17, 15) is 30.3 Å². The Kier molecular flexibility index (Phi) is 38.5. The topological polar surface area (TPSA) is 149 Å². The number of unbranched alkanes of at least 4 members (excludes halogenated alkanes) is 25. The Morgan fingerprint density at radius 2 is 0.950 bits per heavy atom. The highest BCUT2D eigenvalue weighted by molar-refractivity contribution is 5.76. The van der Waals surface area contributed by atoms with Gasteiger partial charge in [-0.15, -0.1) is 0 Å². The van der Waals surface area contributed by atoms with Crippen LogP contribution in [0.5, 0.6) is 0 Å². The van der Waals surface area contributed by atoms with E-state index in [1.807, 2.05) is 6.08 Å². The van der Waals surface area contributed by atoms with Gasteiger partial charge in [0, 0.05) is 6.42 Å². The highest BCUT2D eigenvalue weighted by Crippen LogP contribution is 2.22. The summed E-state index contributed by atoms with van der Waals surface area (Å²) in [5.74, 6) is -0.194. The van der Waals surface area contributed by atoms with Crippen molar-refractivity contribution in [2.75, 3.05) is 13.2 Å². The van der Waals surface area contributed by atoms with E-state index in [4.69, 9.17) is 9.47 Å². The Hall–Kier alpha value is -1.85. The third kappa shape index (κ3) is 31.1. The summed E-state index contributed by atoms with van der Waals surface area (Å²) < 4.78 is 11.2.